The van der Waals surface area contributed by atoms with Gasteiger partial charge in [-0.3, -0.25) is 0 Å². The van der Waals surface area contributed by atoms with Crippen molar-refractivity contribution in [3.05, 3.63) is 12.3 Å². The number of aromatic nitrogens is 2. The average Bonchev–Trinajstić information content (AvgIpc) is 2.82. The van der Waals surface area contributed by atoms with Crippen LogP contribution in [0.4, 0.5) is 5.82 Å². The van der Waals surface area contributed by atoms with Crippen molar-refractivity contribution >= 4 is 17.6 Å². The van der Waals surface area contributed by atoms with E-state index in [2.05, 4.69) is 27.2 Å². The predicted octanol–water partition coefficient (Wildman–Crippen LogP) is 1.39. The smallest absolute Gasteiger partial charge is 0.189 e. The third kappa shape index (κ3) is 2.86. The summed E-state index contributed by atoms with van der Waals surface area (Å²) < 4.78 is 0. The van der Waals surface area contributed by atoms with E-state index < -0.39 is 0 Å². The van der Waals surface area contributed by atoms with Gasteiger partial charge in [-0.1, -0.05) is 11.8 Å². The lowest BCUT2D eigenvalue weighted by Crippen LogP contribution is -2.35. The van der Waals surface area contributed by atoms with Crippen LogP contribution in [0.5, 0.6) is 0 Å². The van der Waals surface area contributed by atoms with Crippen LogP contribution in [0.1, 0.15) is 12.8 Å². The van der Waals surface area contributed by atoms with Gasteiger partial charge in [-0.15, -0.1) is 0 Å². The fourth-order valence-electron chi connectivity index (χ4n) is 1.98. The van der Waals surface area contributed by atoms with Gasteiger partial charge in [0.15, 0.2) is 5.16 Å². The van der Waals surface area contributed by atoms with Crippen LogP contribution in [0, 0.1) is 0 Å². The number of nitrogens with zero attached hydrogens (tertiary/aromatic N) is 3. The first-order valence-corrected chi connectivity index (χ1v) is 6.83. The maximum atomic E-state index is 4.48. The zero-order valence-corrected chi connectivity index (χ0v) is 10.6. The molecule has 16 heavy (non-hydrogen) atoms. The largest absolute Gasteiger partial charge is 0.358 e. The Morgan fingerprint density at radius 2 is 2.50 bits per heavy atom. The monoisotopic (exact) mass is 238 g/mol. The second-order valence-electron chi connectivity index (χ2n) is 4.08. The maximum Gasteiger partial charge on any atom is 0.189 e. The van der Waals surface area contributed by atoms with Gasteiger partial charge in [0.25, 0.3) is 0 Å². The summed E-state index contributed by atoms with van der Waals surface area (Å²) in [4.78, 5) is 10.9. The molecule has 1 aromatic heterocycles. The number of nitrogens with one attached hydrogen (secondary N) is 1. The van der Waals surface area contributed by atoms with Gasteiger partial charge >= 0.3 is 0 Å². The van der Waals surface area contributed by atoms with Crippen molar-refractivity contribution in [2.45, 2.75) is 24.0 Å². The first kappa shape index (κ1) is 11.7. The summed E-state index contributed by atoms with van der Waals surface area (Å²) in [6.45, 7) is 2.17. The summed E-state index contributed by atoms with van der Waals surface area (Å²) in [5, 5.41) is 4.33. The van der Waals surface area contributed by atoms with Crippen LogP contribution in [-0.2, 0) is 0 Å². The Kier molecular flexibility index (Phi) is 4.01. The first-order valence-electron chi connectivity index (χ1n) is 5.61. The first-order chi connectivity index (χ1) is 7.79. The van der Waals surface area contributed by atoms with Crippen LogP contribution in [-0.4, -0.2) is 42.4 Å². The van der Waals surface area contributed by atoms with Crippen molar-refractivity contribution in [2.24, 2.45) is 0 Å². The van der Waals surface area contributed by atoms with Gasteiger partial charge in [-0.2, -0.15) is 0 Å². The van der Waals surface area contributed by atoms with Crippen LogP contribution in [0.15, 0.2) is 17.4 Å². The number of rotatable bonds is 4. The Bertz CT molecular complexity index is 339. The molecule has 0 radical (unpaired) electrons. The highest BCUT2D eigenvalue weighted by molar-refractivity contribution is 7.98. The molecule has 2 heterocycles. The van der Waals surface area contributed by atoms with E-state index in [-0.39, 0.29) is 0 Å². The quantitative estimate of drug-likeness (QED) is 0.634. The minimum absolute atomic E-state index is 0.609. The topological polar surface area (TPSA) is 41.1 Å². The third-order valence-corrected chi connectivity index (χ3v) is 3.41. The number of likely N-dealkylation sites (N-methyl/N-ethyl adjacent to an activating group) is 1. The molecule has 0 amide bonds. The molecule has 1 aromatic rings. The third-order valence-electron chi connectivity index (χ3n) is 2.85. The molecular formula is C11H18N4S. The summed E-state index contributed by atoms with van der Waals surface area (Å²) in [6.07, 6.45) is 6.38. The van der Waals surface area contributed by atoms with E-state index in [9.17, 15) is 0 Å². The second-order valence-corrected chi connectivity index (χ2v) is 4.85. The summed E-state index contributed by atoms with van der Waals surface area (Å²) in [5.74, 6) is 1.01. The minimum atomic E-state index is 0.609. The molecule has 1 fully saturated rings. The molecule has 0 aromatic carbocycles. The molecule has 0 aliphatic carbocycles. The predicted molar refractivity (Wildman–Crippen MR) is 68.1 cm³/mol. The Balaban J connectivity index is 1.98. The molecule has 1 unspecified atom stereocenters. The van der Waals surface area contributed by atoms with Crippen molar-refractivity contribution in [3.8, 4) is 0 Å². The Labute approximate surface area is 101 Å². The number of thioether (sulfide) groups is 1. The van der Waals surface area contributed by atoms with Gasteiger partial charge < -0.3 is 10.2 Å². The Hall–Kier alpha value is -0.810. The Morgan fingerprint density at radius 3 is 3.19 bits per heavy atom. The summed E-state index contributed by atoms with van der Waals surface area (Å²) in [7, 11) is 2.09. The molecule has 1 saturated heterocycles. The zero-order valence-electron chi connectivity index (χ0n) is 9.81. The molecule has 1 aliphatic rings. The van der Waals surface area contributed by atoms with Crippen molar-refractivity contribution in [2.75, 3.05) is 31.3 Å². The summed E-state index contributed by atoms with van der Waals surface area (Å²) in [5.41, 5.74) is 0. The van der Waals surface area contributed by atoms with Gasteiger partial charge in [-0.05, 0) is 31.7 Å². The maximum absolute atomic E-state index is 4.48. The van der Waals surface area contributed by atoms with Crippen LogP contribution < -0.4 is 10.2 Å². The zero-order chi connectivity index (χ0) is 11.4. The number of hydrogen-bond donors (Lipinski definition) is 1. The van der Waals surface area contributed by atoms with Gasteiger partial charge in [-0.25, -0.2) is 9.97 Å². The van der Waals surface area contributed by atoms with Crippen molar-refractivity contribution < 1.29 is 0 Å². The fourth-order valence-corrected chi connectivity index (χ4v) is 2.33. The molecule has 4 nitrogen and oxygen atoms in total. The molecule has 1 atom stereocenters. The van der Waals surface area contributed by atoms with E-state index in [1.807, 2.05) is 18.5 Å². The lowest BCUT2D eigenvalue weighted by molar-refractivity contribution is 0.596. The minimum Gasteiger partial charge on any atom is -0.358 e. The van der Waals surface area contributed by atoms with Gasteiger partial charge in [0.2, 0.25) is 0 Å². The van der Waals surface area contributed by atoms with Crippen LogP contribution >= 0.6 is 11.8 Å². The highest BCUT2D eigenvalue weighted by Crippen LogP contribution is 2.15. The highest BCUT2D eigenvalue weighted by atomic mass is 32.2. The van der Waals surface area contributed by atoms with Gasteiger partial charge in [0.1, 0.15) is 5.82 Å². The molecular weight excluding hydrogens is 220 g/mol. The number of anilines is 1. The average molecular weight is 238 g/mol. The highest BCUT2D eigenvalue weighted by Gasteiger charge is 2.16. The van der Waals surface area contributed by atoms with E-state index in [1.54, 1.807) is 11.8 Å². The fraction of sp³-hybridized carbons (Fsp3) is 0.636. The molecule has 0 spiro atoms. The van der Waals surface area contributed by atoms with Crippen molar-refractivity contribution in [1.82, 2.24) is 15.3 Å². The normalized spacial score (nSPS) is 20.0. The van der Waals surface area contributed by atoms with Crippen LogP contribution in [0.2, 0.25) is 0 Å². The summed E-state index contributed by atoms with van der Waals surface area (Å²) >= 11 is 1.58. The Morgan fingerprint density at radius 1 is 1.62 bits per heavy atom. The standard InChI is InChI=1S/C11H18N4S/c1-15(8-9-4-3-6-12-9)10-5-7-13-11(14-10)16-2/h5,7,9,12H,3-4,6,8H2,1-2H3. The molecule has 0 saturated carbocycles. The molecule has 88 valence electrons. The molecule has 2 rings (SSSR count). The van der Waals surface area contributed by atoms with E-state index in [1.165, 1.54) is 12.8 Å². The van der Waals surface area contributed by atoms with Gasteiger partial charge in [0, 0.05) is 25.8 Å². The van der Waals surface area contributed by atoms with E-state index in [4.69, 9.17) is 0 Å². The molecule has 5 heteroatoms. The van der Waals surface area contributed by atoms with Crippen molar-refractivity contribution in [3.63, 3.8) is 0 Å². The number of hydrogen-bond acceptors (Lipinski definition) is 5. The lowest BCUT2D eigenvalue weighted by Gasteiger charge is -2.22. The van der Waals surface area contributed by atoms with E-state index >= 15 is 0 Å². The molecule has 1 aliphatic heterocycles. The molecule has 1 N–H and O–H groups in total. The SMILES string of the molecule is CSc1nccc(N(C)CC2CCCN2)n1. The molecule has 0 bridgehead atoms. The van der Waals surface area contributed by atoms with Crippen LogP contribution in [0.25, 0.3) is 0 Å². The van der Waals surface area contributed by atoms with Gasteiger partial charge in [0.05, 0.1) is 0 Å². The lowest BCUT2D eigenvalue weighted by atomic mass is 10.2. The van der Waals surface area contributed by atoms with Crippen LogP contribution in [0.3, 0.4) is 0 Å². The van der Waals surface area contributed by atoms with E-state index in [0.29, 0.717) is 6.04 Å². The van der Waals surface area contributed by atoms with E-state index in [0.717, 1.165) is 24.1 Å². The summed E-state index contributed by atoms with van der Waals surface area (Å²) in [6, 6.07) is 2.58. The second kappa shape index (κ2) is 5.50. The van der Waals surface area contributed by atoms with Crippen molar-refractivity contribution in [1.29, 1.82) is 0 Å².